The molecule has 5 nitrogen and oxygen atoms in total. The molecular formula is C14H21N3O2S. The maximum Gasteiger partial charge on any atom is 0.256 e. The summed E-state index contributed by atoms with van der Waals surface area (Å²) in [6.07, 6.45) is 7.69. The fraction of sp³-hybridized carbons (Fsp3) is 0.714. The van der Waals surface area contributed by atoms with E-state index in [1.807, 2.05) is 6.92 Å². The van der Waals surface area contributed by atoms with Crippen LogP contribution in [0.15, 0.2) is 15.9 Å². The number of hydrogen-bond acceptors (Lipinski definition) is 5. The molecular weight excluding hydrogens is 274 g/mol. The van der Waals surface area contributed by atoms with Crippen LogP contribution in [0.2, 0.25) is 0 Å². The SMILES string of the molecule is Cc1coc(SC2CCCC(NC3CC3)(C(N)=O)C2)n1. The van der Waals surface area contributed by atoms with Gasteiger partial charge in [0.2, 0.25) is 5.91 Å². The van der Waals surface area contributed by atoms with Crippen molar-refractivity contribution in [1.29, 1.82) is 0 Å². The van der Waals surface area contributed by atoms with E-state index in [9.17, 15) is 4.79 Å². The Morgan fingerprint density at radius 3 is 2.95 bits per heavy atom. The Morgan fingerprint density at radius 1 is 1.55 bits per heavy atom. The molecule has 0 aliphatic heterocycles. The largest absolute Gasteiger partial charge is 0.440 e. The molecule has 3 rings (SSSR count). The summed E-state index contributed by atoms with van der Waals surface area (Å²) in [7, 11) is 0. The second kappa shape index (κ2) is 5.41. The fourth-order valence-electron chi connectivity index (χ4n) is 2.90. The molecule has 0 aromatic carbocycles. The van der Waals surface area contributed by atoms with Crippen molar-refractivity contribution in [3.8, 4) is 0 Å². The third-order valence-electron chi connectivity index (χ3n) is 4.10. The van der Waals surface area contributed by atoms with E-state index < -0.39 is 5.54 Å². The lowest BCUT2D eigenvalue weighted by Crippen LogP contribution is -2.59. The number of nitrogens with zero attached hydrogens (tertiary/aromatic N) is 1. The minimum Gasteiger partial charge on any atom is -0.440 e. The molecule has 0 saturated heterocycles. The number of carbonyl (C=O) groups is 1. The quantitative estimate of drug-likeness (QED) is 0.868. The van der Waals surface area contributed by atoms with Gasteiger partial charge in [-0.05, 0) is 45.4 Å². The summed E-state index contributed by atoms with van der Waals surface area (Å²) >= 11 is 1.63. The minimum atomic E-state index is -0.529. The second-order valence-corrected chi connectivity index (χ2v) is 7.21. The van der Waals surface area contributed by atoms with E-state index in [4.69, 9.17) is 10.2 Å². The lowest BCUT2D eigenvalue weighted by atomic mass is 9.80. The maximum atomic E-state index is 12.0. The molecule has 110 valence electrons. The van der Waals surface area contributed by atoms with Gasteiger partial charge in [-0.25, -0.2) is 4.98 Å². The van der Waals surface area contributed by atoms with E-state index in [0.717, 1.165) is 44.2 Å². The van der Waals surface area contributed by atoms with Crippen LogP contribution >= 0.6 is 11.8 Å². The Hall–Kier alpha value is -1.01. The molecule has 20 heavy (non-hydrogen) atoms. The summed E-state index contributed by atoms with van der Waals surface area (Å²) < 4.78 is 5.40. The van der Waals surface area contributed by atoms with Gasteiger partial charge in [-0.15, -0.1) is 0 Å². The van der Waals surface area contributed by atoms with Gasteiger partial charge in [0.15, 0.2) is 0 Å². The Balaban J connectivity index is 1.68. The number of primary amides is 1. The van der Waals surface area contributed by atoms with Gasteiger partial charge in [-0.2, -0.15) is 0 Å². The van der Waals surface area contributed by atoms with Crippen LogP contribution in [-0.4, -0.2) is 27.7 Å². The van der Waals surface area contributed by atoms with Crippen LogP contribution in [0.4, 0.5) is 0 Å². The first-order valence-electron chi connectivity index (χ1n) is 7.24. The minimum absolute atomic E-state index is 0.210. The number of thioether (sulfide) groups is 1. The van der Waals surface area contributed by atoms with Gasteiger partial charge in [0.1, 0.15) is 6.26 Å². The van der Waals surface area contributed by atoms with Gasteiger partial charge < -0.3 is 15.5 Å². The topological polar surface area (TPSA) is 81.1 Å². The number of amides is 1. The predicted octanol–water partition coefficient (Wildman–Crippen LogP) is 1.99. The number of rotatable bonds is 5. The summed E-state index contributed by atoms with van der Waals surface area (Å²) in [5.41, 5.74) is 6.05. The van der Waals surface area contributed by atoms with Crippen LogP contribution in [-0.2, 0) is 4.79 Å². The van der Waals surface area contributed by atoms with Gasteiger partial charge in [0.05, 0.1) is 11.2 Å². The first kappa shape index (κ1) is 13.9. The Kier molecular flexibility index (Phi) is 3.77. The van der Waals surface area contributed by atoms with Crippen molar-refractivity contribution < 1.29 is 9.21 Å². The highest BCUT2D eigenvalue weighted by Gasteiger charge is 2.44. The molecule has 2 saturated carbocycles. The lowest BCUT2D eigenvalue weighted by molar-refractivity contribution is -0.125. The summed E-state index contributed by atoms with van der Waals surface area (Å²) in [6, 6.07) is 0.482. The van der Waals surface area contributed by atoms with Crippen LogP contribution in [0.5, 0.6) is 0 Å². The van der Waals surface area contributed by atoms with Crippen LogP contribution in [0.3, 0.4) is 0 Å². The van der Waals surface area contributed by atoms with Gasteiger partial charge in [0.25, 0.3) is 5.22 Å². The van der Waals surface area contributed by atoms with Crippen molar-refractivity contribution in [2.45, 2.75) is 67.5 Å². The van der Waals surface area contributed by atoms with Gasteiger partial charge in [0, 0.05) is 11.3 Å². The molecule has 1 aromatic heterocycles. The molecule has 2 unspecified atom stereocenters. The first-order valence-corrected chi connectivity index (χ1v) is 8.12. The molecule has 2 aliphatic rings. The van der Waals surface area contributed by atoms with Gasteiger partial charge in [-0.1, -0.05) is 11.8 Å². The van der Waals surface area contributed by atoms with Crippen molar-refractivity contribution >= 4 is 17.7 Å². The van der Waals surface area contributed by atoms with E-state index in [1.165, 1.54) is 0 Å². The first-order chi connectivity index (χ1) is 9.57. The highest BCUT2D eigenvalue weighted by Crippen LogP contribution is 2.39. The van der Waals surface area contributed by atoms with Crippen LogP contribution < -0.4 is 11.1 Å². The molecule has 1 amide bonds. The average molecular weight is 295 g/mol. The smallest absolute Gasteiger partial charge is 0.256 e. The molecule has 1 heterocycles. The van der Waals surface area contributed by atoms with E-state index in [-0.39, 0.29) is 5.91 Å². The van der Waals surface area contributed by atoms with E-state index in [0.29, 0.717) is 16.5 Å². The zero-order valence-electron chi connectivity index (χ0n) is 11.7. The highest BCUT2D eigenvalue weighted by molar-refractivity contribution is 7.99. The zero-order valence-corrected chi connectivity index (χ0v) is 12.5. The van der Waals surface area contributed by atoms with E-state index in [1.54, 1.807) is 18.0 Å². The molecule has 0 spiro atoms. The molecule has 2 fully saturated rings. The van der Waals surface area contributed by atoms with Crippen molar-refractivity contribution in [2.24, 2.45) is 5.73 Å². The molecule has 2 aliphatic carbocycles. The number of nitrogens with one attached hydrogen (secondary N) is 1. The van der Waals surface area contributed by atoms with Crippen molar-refractivity contribution in [3.63, 3.8) is 0 Å². The monoisotopic (exact) mass is 295 g/mol. The van der Waals surface area contributed by atoms with E-state index in [2.05, 4.69) is 10.3 Å². The molecule has 1 aromatic rings. The summed E-state index contributed by atoms with van der Waals surface area (Å²) in [5, 5.41) is 4.52. The number of aryl methyl sites for hydroxylation is 1. The number of hydrogen-bond donors (Lipinski definition) is 2. The molecule has 6 heteroatoms. The van der Waals surface area contributed by atoms with Crippen molar-refractivity contribution in [1.82, 2.24) is 10.3 Å². The summed E-state index contributed by atoms with van der Waals surface area (Å²) in [6.45, 7) is 1.91. The normalized spacial score (nSPS) is 30.4. The number of nitrogens with two attached hydrogens (primary N) is 1. The molecule has 2 atom stereocenters. The number of oxazole rings is 1. The van der Waals surface area contributed by atoms with Crippen LogP contribution in [0, 0.1) is 6.92 Å². The predicted molar refractivity (Wildman–Crippen MR) is 77.4 cm³/mol. The zero-order chi connectivity index (χ0) is 14.2. The summed E-state index contributed by atoms with van der Waals surface area (Å²) in [5.74, 6) is -0.210. The summed E-state index contributed by atoms with van der Waals surface area (Å²) in [4.78, 5) is 16.3. The van der Waals surface area contributed by atoms with Crippen molar-refractivity contribution in [3.05, 3.63) is 12.0 Å². The average Bonchev–Trinajstić information content (AvgIpc) is 3.11. The Bertz CT molecular complexity index is 500. The van der Waals surface area contributed by atoms with E-state index >= 15 is 0 Å². The Morgan fingerprint density at radius 2 is 2.35 bits per heavy atom. The van der Waals surface area contributed by atoms with Gasteiger partial charge in [-0.3, -0.25) is 4.79 Å². The van der Waals surface area contributed by atoms with Crippen molar-refractivity contribution in [2.75, 3.05) is 0 Å². The lowest BCUT2D eigenvalue weighted by Gasteiger charge is -2.38. The highest BCUT2D eigenvalue weighted by atomic mass is 32.2. The van der Waals surface area contributed by atoms with Crippen LogP contribution in [0.25, 0.3) is 0 Å². The number of aromatic nitrogens is 1. The molecule has 0 radical (unpaired) electrons. The standard InChI is InChI=1S/C14H21N3O2S/c1-9-8-19-13(16-9)20-11-3-2-6-14(7-11,12(15)18)17-10-4-5-10/h8,10-11,17H,2-7H2,1H3,(H2,15,18). The van der Waals surface area contributed by atoms with Crippen LogP contribution in [0.1, 0.15) is 44.2 Å². The third-order valence-corrected chi connectivity index (χ3v) is 5.23. The Labute approximate surface area is 123 Å². The maximum absolute atomic E-state index is 12.0. The second-order valence-electron chi connectivity index (χ2n) is 5.96. The molecule has 3 N–H and O–H groups in total. The number of carbonyl (C=O) groups excluding carboxylic acids is 1. The fourth-order valence-corrected chi connectivity index (χ4v) is 4.14. The molecule has 0 bridgehead atoms. The third kappa shape index (κ3) is 3.01. The van der Waals surface area contributed by atoms with Gasteiger partial charge >= 0.3 is 0 Å².